The quantitative estimate of drug-likeness (QED) is 0.830. The summed E-state index contributed by atoms with van der Waals surface area (Å²) in [6.07, 6.45) is -0.605. The molecular formula is C18H24N2O4. The summed E-state index contributed by atoms with van der Waals surface area (Å²) in [6.45, 7) is 6.38. The van der Waals surface area contributed by atoms with Crippen molar-refractivity contribution >= 4 is 11.8 Å². The fraction of sp³-hybridized carbons (Fsp3) is 0.556. The zero-order valence-corrected chi connectivity index (χ0v) is 14.2. The lowest BCUT2D eigenvalue weighted by molar-refractivity contribution is -0.173. The average molecular weight is 332 g/mol. The molecule has 2 amide bonds. The van der Waals surface area contributed by atoms with Gasteiger partial charge in [-0.1, -0.05) is 30.3 Å². The van der Waals surface area contributed by atoms with E-state index in [1.807, 2.05) is 35.2 Å². The van der Waals surface area contributed by atoms with Crippen LogP contribution in [0.25, 0.3) is 0 Å². The highest BCUT2D eigenvalue weighted by Gasteiger charge is 2.46. The van der Waals surface area contributed by atoms with E-state index in [4.69, 9.17) is 9.47 Å². The number of nitrogens with zero attached hydrogens (tertiary/aromatic N) is 2. The van der Waals surface area contributed by atoms with Gasteiger partial charge in [0.15, 0.2) is 6.10 Å². The number of amides is 2. The van der Waals surface area contributed by atoms with Crippen molar-refractivity contribution in [3.8, 4) is 0 Å². The molecule has 6 heteroatoms. The zero-order chi connectivity index (χ0) is 17.2. The molecule has 0 N–H and O–H groups in total. The van der Waals surface area contributed by atoms with Gasteiger partial charge in [0.05, 0.1) is 19.8 Å². The molecule has 0 aliphatic carbocycles. The number of carbonyl (C=O) groups is 2. The summed E-state index contributed by atoms with van der Waals surface area (Å²) in [4.78, 5) is 29.1. The Morgan fingerprint density at radius 1 is 1.21 bits per heavy atom. The van der Waals surface area contributed by atoms with E-state index in [1.165, 1.54) is 0 Å². The van der Waals surface area contributed by atoms with Crippen LogP contribution in [0.1, 0.15) is 19.4 Å². The minimum absolute atomic E-state index is 0.0392. The highest BCUT2D eigenvalue weighted by atomic mass is 16.6. The van der Waals surface area contributed by atoms with E-state index in [0.29, 0.717) is 32.8 Å². The molecule has 1 aromatic rings. The second-order valence-electron chi connectivity index (χ2n) is 6.70. The molecule has 0 aromatic heterocycles. The normalized spacial score (nSPS) is 24.1. The molecule has 24 heavy (non-hydrogen) atoms. The summed E-state index contributed by atoms with van der Waals surface area (Å²) >= 11 is 0. The van der Waals surface area contributed by atoms with Crippen LogP contribution in [0.2, 0.25) is 0 Å². The summed E-state index contributed by atoms with van der Waals surface area (Å²) in [5, 5.41) is 0. The topological polar surface area (TPSA) is 59.1 Å². The Labute approximate surface area is 142 Å². The van der Waals surface area contributed by atoms with Crippen molar-refractivity contribution in [1.82, 2.24) is 9.80 Å². The Balaban J connectivity index is 1.70. The van der Waals surface area contributed by atoms with Crippen LogP contribution < -0.4 is 0 Å². The van der Waals surface area contributed by atoms with Gasteiger partial charge in [-0.05, 0) is 19.4 Å². The monoisotopic (exact) mass is 332 g/mol. The summed E-state index contributed by atoms with van der Waals surface area (Å²) in [7, 11) is 0. The minimum atomic E-state index is -0.884. The Bertz CT molecular complexity index is 596. The molecule has 1 aromatic carbocycles. The third kappa shape index (κ3) is 3.30. The highest BCUT2D eigenvalue weighted by molar-refractivity contribution is 5.93. The van der Waals surface area contributed by atoms with Crippen molar-refractivity contribution < 1.29 is 19.1 Å². The Hall–Kier alpha value is -1.92. The molecule has 2 fully saturated rings. The van der Waals surface area contributed by atoms with Crippen LogP contribution in [0.3, 0.4) is 0 Å². The molecular weight excluding hydrogens is 308 g/mol. The summed E-state index contributed by atoms with van der Waals surface area (Å²) in [5.74, 6) is -0.199. The van der Waals surface area contributed by atoms with E-state index in [0.717, 1.165) is 5.56 Å². The lowest BCUT2D eigenvalue weighted by atomic mass is 9.96. The average Bonchev–Trinajstić information content (AvgIpc) is 2.60. The Morgan fingerprint density at radius 3 is 2.62 bits per heavy atom. The maximum absolute atomic E-state index is 12.9. The van der Waals surface area contributed by atoms with Gasteiger partial charge >= 0.3 is 0 Å². The van der Waals surface area contributed by atoms with Crippen LogP contribution >= 0.6 is 0 Å². The van der Waals surface area contributed by atoms with Gasteiger partial charge in [-0.3, -0.25) is 9.59 Å². The summed E-state index contributed by atoms with van der Waals surface area (Å²) in [5.41, 5.74) is 0.204. The Morgan fingerprint density at radius 2 is 1.96 bits per heavy atom. The van der Waals surface area contributed by atoms with Crippen LogP contribution in [0.4, 0.5) is 0 Å². The number of carbonyl (C=O) groups excluding carboxylic acids is 2. The fourth-order valence-electron chi connectivity index (χ4n) is 3.25. The third-order valence-corrected chi connectivity index (χ3v) is 4.65. The van der Waals surface area contributed by atoms with Crippen LogP contribution in [-0.4, -0.2) is 66.2 Å². The highest BCUT2D eigenvalue weighted by Crippen LogP contribution is 2.25. The van der Waals surface area contributed by atoms with Gasteiger partial charge < -0.3 is 19.3 Å². The molecule has 2 saturated heterocycles. The van der Waals surface area contributed by atoms with Gasteiger partial charge in [0.1, 0.15) is 5.54 Å². The van der Waals surface area contributed by atoms with Gasteiger partial charge in [-0.15, -0.1) is 0 Å². The second-order valence-corrected chi connectivity index (χ2v) is 6.70. The van der Waals surface area contributed by atoms with Crippen molar-refractivity contribution in [2.45, 2.75) is 32.0 Å². The molecule has 0 radical (unpaired) electrons. The van der Waals surface area contributed by atoms with E-state index in [-0.39, 0.29) is 18.4 Å². The fourth-order valence-corrected chi connectivity index (χ4v) is 3.25. The third-order valence-electron chi connectivity index (χ3n) is 4.65. The predicted molar refractivity (Wildman–Crippen MR) is 88.2 cm³/mol. The Kier molecular flexibility index (Phi) is 4.87. The lowest BCUT2D eigenvalue weighted by Gasteiger charge is -2.47. The van der Waals surface area contributed by atoms with Gasteiger partial charge in [0, 0.05) is 19.6 Å². The van der Waals surface area contributed by atoms with E-state index < -0.39 is 11.6 Å². The summed E-state index contributed by atoms with van der Waals surface area (Å²) in [6, 6.07) is 9.89. The van der Waals surface area contributed by atoms with Crippen LogP contribution in [0.5, 0.6) is 0 Å². The van der Waals surface area contributed by atoms with E-state index in [9.17, 15) is 9.59 Å². The second kappa shape index (κ2) is 6.91. The molecule has 2 aliphatic rings. The number of ether oxygens (including phenoxy) is 2. The van der Waals surface area contributed by atoms with Crippen molar-refractivity contribution in [2.75, 3.05) is 32.9 Å². The lowest BCUT2D eigenvalue weighted by Crippen LogP contribution is -2.66. The molecule has 0 bridgehead atoms. The molecule has 2 heterocycles. The first-order valence-electron chi connectivity index (χ1n) is 8.34. The van der Waals surface area contributed by atoms with Crippen molar-refractivity contribution in [1.29, 1.82) is 0 Å². The first-order valence-corrected chi connectivity index (χ1v) is 8.34. The maximum atomic E-state index is 12.9. The first kappa shape index (κ1) is 16.9. The number of rotatable bonds is 3. The SMILES string of the molecule is CC1(C)C(=O)N(Cc2ccccc2)CCN1C(=O)[C@@H]1COCCO1. The number of hydrogen-bond donors (Lipinski definition) is 0. The molecule has 1 atom stereocenters. The molecule has 0 saturated carbocycles. The zero-order valence-electron chi connectivity index (χ0n) is 14.2. The maximum Gasteiger partial charge on any atom is 0.255 e. The smallest absolute Gasteiger partial charge is 0.255 e. The van der Waals surface area contributed by atoms with Gasteiger partial charge in [0.2, 0.25) is 5.91 Å². The molecule has 0 spiro atoms. The number of piperazine rings is 1. The molecule has 6 nitrogen and oxygen atoms in total. The largest absolute Gasteiger partial charge is 0.376 e. The molecule has 130 valence electrons. The summed E-state index contributed by atoms with van der Waals surface area (Å²) < 4.78 is 10.8. The number of hydrogen-bond acceptors (Lipinski definition) is 4. The van der Waals surface area contributed by atoms with E-state index >= 15 is 0 Å². The van der Waals surface area contributed by atoms with Crippen LogP contribution in [-0.2, 0) is 25.6 Å². The van der Waals surface area contributed by atoms with Crippen LogP contribution in [0, 0.1) is 0 Å². The standard InChI is InChI=1S/C18H24N2O4/c1-18(2)17(22)19(12-14-6-4-3-5-7-14)8-9-20(18)16(21)15-13-23-10-11-24-15/h3-7,15H,8-13H2,1-2H3/t15-/m0/s1. The van der Waals surface area contributed by atoms with Gasteiger partial charge in [-0.25, -0.2) is 0 Å². The van der Waals surface area contributed by atoms with Crippen molar-refractivity contribution in [2.24, 2.45) is 0 Å². The molecule has 2 aliphatic heterocycles. The first-order chi connectivity index (χ1) is 11.5. The molecule has 3 rings (SSSR count). The minimum Gasteiger partial charge on any atom is -0.376 e. The van der Waals surface area contributed by atoms with Gasteiger partial charge in [-0.2, -0.15) is 0 Å². The van der Waals surface area contributed by atoms with Crippen molar-refractivity contribution in [3.05, 3.63) is 35.9 Å². The van der Waals surface area contributed by atoms with E-state index in [1.54, 1.807) is 18.7 Å². The predicted octanol–water partition coefficient (Wildman–Crippen LogP) is 1.05. The van der Waals surface area contributed by atoms with Crippen molar-refractivity contribution in [3.63, 3.8) is 0 Å². The van der Waals surface area contributed by atoms with E-state index in [2.05, 4.69) is 0 Å². The number of benzene rings is 1. The van der Waals surface area contributed by atoms with Gasteiger partial charge in [0.25, 0.3) is 5.91 Å². The van der Waals surface area contributed by atoms with Crippen LogP contribution in [0.15, 0.2) is 30.3 Å². The molecule has 0 unspecified atom stereocenters.